The standard InChI is InChI=1S/C22H26ClN3O2/c1-14(2)24-21(27)19-9-4-15(3)25-20(19)16-10-12-26(13-11-16)22(28)17-5-7-18(23)8-6-17/h4-9,14,16H,10-13H2,1-3H3,(H,24,27). The van der Waals surface area contributed by atoms with E-state index in [-0.39, 0.29) is 23.8 Å². The molecule has 2 aromatic rings. The van der Waals surface area contributed by atoms with Crippen LogP contribution in [-0.4, -0.2) is 40.8 Å². The third kappa shape index (κ3) is 4.71. The summed E-state index contributed by atoms with van der Waals surface area (Å²) in [4.78, 5) is 31.8. The first-order valence-corrected chi connectivity index (χ1v) is 10.1. The fraction of sp³-hybridized carbons (Fsp3) is 0.409. The Bertz CT molecular complexity index is 857. The Morgan fingerprint density at radius 1 is 1.11 bits per heavy atom. The van der Waals surface area contributed by atoms with Crippen molar-refractivity contribution in [3.8, 4) is 0 Å². The zero-order valence-electron chi connectivity index (χ0n) is 16.5. The Morgan fingerprint density at radius 3 is 2.36 bits per heavy atom. The quantitative estimate of drug-likeness (QED) is 0.837. The highest BCUT2D eigenvalue weighted by Crippen LogP contribution is 2.30. The molecule has 2 amide bonds. The van der Waals surface area contributed by atoms with Crippen LogP contribution in [0.2, 0.25) is 5.02 Å². The van der Waals surface area contributed by atoms with Gasteiger partial charge in [-0.05, 0) is 70.0 Å². The predicted octanol–water partition coefficient (Wildman–Crippen LogP) is 4.20. The van der Waals surface area contributed by atoms with E-state index in [1.165, 1.54) is 0 Å². The number of piperidine rings is 1. The van der Waals surface area contributed by atoms with Gasteiger partial charge in [-0.25, -0.2) is 0 Å². The fourth-order valence-corrected chi connectivity index (χ4v) is 3.68. The average Bonchev–Trinajstić information content (AvgIpc) is 2.67. The Hall–Kier alpha value is -2.40. The molecule has 1 saturated heterocycles. The number of nitrogens with zero attached hydrogens (tertiary/aromatic N) is 2. The second-order valence-electron chi connectivity index (χ2n) is 7.59. The van der Waals surface area contributed by atoms with Gasteiger partial charge in [0.1, 0.15) is 0 Å². The van der Waals surface area contributed by atoms with Crippen LogP contribution in [-0.2, 0) is 0 Å². The number of hydrogen-bond acceptors (Lipinski definition) is 3. The number of pyridine rings is 1. The van der Waals surface area contributed by atoms with Crippen LogP contribution >= 0.6 is 11.6 Å². The summed E-state index contributed by atoms with van der Waals surface area (Å²) in [5.41, 5.74) is 3.03. The van der Waals surface area contributed by atoms with Crippen LogP contribution in [0.4, 0.5) is 0 Å². The number of carbonyl (C=O) groups is 2. The molecule has 28 heavy (non-hydrogen) atoms. The lowest BCUT2D eigenvalue weighted by Gasteiger charge is -2.32. The number of amides is 2. The summed E-state index contributed by atoms with van der Waals surface area (Å²) in [6.07, 6.45) is 1.58. The number of hydrogen-bond donors (Lipinski definition) is 1. The van der Waals surface area contributed by atoms with E-state index in [0.717, 1.165) is 24.2 Å². The van der Waals surface area contributed by atoms with Crippen molar-refractivity contribution in [3.05, 3.63) is 63.9 Å². The minimum Gasteiger partial charge on any atom is -0.350 e. The summed E-state index contributed by atoms with van der Waals surface area (Å²) < 4.78 is 0. The molecule has 0 spiro atoms. The SMILES string of the molecule is Cc1ccc(C(=O)NC(C)C)c(C2CCN(C(=O)c3ccc(Cl)cc3)CC2)n1. The number of likely N-dealkylation sites (tertiary alicyclic amines) is 1. The van der Waals surface area contributed by atoms with Crippen LogP contribution in [0.3, 0.4) is 0 Å². The molecule has 6 heteroatoms. The summed E-state index contributed by atoms with van der Waals surface area (Å²) >= 11 is 5.91. The van der Waals surface area contributed by atoms with Crippen LogP contribution < -0.4 is 5.32 Å². The molecule has 0 aliphatic carbocycles. The Labute approximate surface area is 171 Å². The van der Waals surface area contributed by atoms with Gasteiger partial charge in [-0.1, -0.05) is 11.6 Å². The molecule has 1 aliphatic rings. The molecule has 1 N–H and O–H groups in total. The first-order chi connectivity index (χ1) is 13.3. The molecule has 0 unspecified atom stereocenters. The van der Waals surface area contributed by atoms with Crippen molar-refractivity contribution in [3.63, 3.8) is 0 Å². The summed E-state index contributed by atoms with van der Waals surface area (Å²) in [7, 11) is 0. The lowest BCUT2D eigenvalue weighted by Crippen LogP contribution is -2.38. The molecule has 1 aliphatic heterocycles. The smallest absolute Gasteiger partial charge is 0.253 e. The summed E-state index contributed by atoms with van der Waals surface area (Å²) in [5, 5.41) is 3.58. The number of rotatable bonds is 4. The minimum atomic E-state index is -0.0860. The highest BCUT2D eigenvalue weighted by molar-refractivity contribution is 6.30. The van der Waals surface area contributed by atoms with Crippen molar-refractivity contribution in [2.75, 3.05) is 13.1 Å². The van der Waals surface area contributed by atoms with Gasteiger partial charge in [-0.2, -0.15) is 0 Å². The van der Waals surface area contributed by atoms with E-state index in [2.05, 4.69) is 10.3 Å². The third-order valence-electron chi connectivity index (χ3n) is 4.99. The van der Waals surface area contributed by atoms with E-state index in [9.17, 15) is 9.59 Å². The molecule has 1 fully saturated rings. The minimum absolute atomic E-state index is 0.0186. The molecule has 1 aromatic carbocycles. The topological polar surface area (TPSA) is 62.3 Å². The zero-order valence-corrected chi connectivity index (χ0v) is 17.3. The van der Waals surface area contributed by atoms with Crippen LogP contribution in [0, 0.1) is 6.92 Å². The summed E-state index contributed by atoms with van der Waals surface area (Å²) in [6, 6.07) is 10.8. The van der Waals surface area contributed by atoms with Gasteiger partial charge >= 0.3 is 0 Å². The van der Waals surface area contributed by atoms with Gasteiger partial charge in [-0.15, -0.1) is 0 Å². The number of nitrogens with one attached hydrogen (secondary N) is 1. The van der Waals surface area contributed by atoms with Crippen molar-refractivity contribution in [2.24, 2.45) is 0 Å². The second kappa shape index (κ2) is 8.74. The highest BCUT2D eigenvalue weighted by atomic mass is 35.5. The van der Waals surface area contributed by atoms with Crippen molar-refractivity contribution in [2.45, 2.75) is 45.6 Å². The van der Waals surface area contributed by atoms with E-state index < -0.39 is 0 Å². The zero-order chi connectivity index (χ0) is 20.3. The van der Waals surface area contributed by atoms with Crippen LogP contribution in [0.25, 0.3) is 0 Å². The van der Waals surface area contributed by atoms with Crippen LogP contribution in [0.5, 0.6) is 0 Å². The summed E-state index contributed by atoms with van der Waals surface area (Å²) in [5.74, 6) is 0.101. The van der Waals surface area contributed by atoms with Gasteiger partial charge < -0.3 is 10.2 Å². The van der Waals surface area contributed by atoms with Crippen molar-refractivity contribution in [1.82, 2.24) is 15.2 Å². The predicted molar refractivity (Wildman–Crippen MR) is 111 cm³/mol. The van der Waals surface area contributed by atoms with E-state index in [1.807, 2.05) is 37.8 Å². The number of aryl methyl sites for hydroxylation is 1. The van der Waals surface area contributed by atoms with Crippen molar-refractivity contribution < 1.29 is 9.59 Å². The van der Waals surface area contributed by atoms with E-state index in [4.69, 9.17) is 11.6 Å². The Kier molecular flexibility index (Phi) is 6.35. The van der Waals surface area contributed by atoms with Gasteiger partial charge in [0.15, 0.2) is 0 Å². The normalized spacial score (nSPS) is 15.0. The molecule has 0 atom stereocenters. The molecule has 0 bridgehead atoms. The number of halogens is 1. The third-order valence-corrected chi connectivity index (χ3v) is 5.24. The molecular weight excluding hydrogens is 374 g/mol. The van der Waals surface area contributed by atoms with Gasteiger partial charge in [-0.3, -0.25) is 14.6 Å². The molecule has 148 valence electrons. The first-order valence-electron chi connectivity index (χ1n) is 9.68. The van der Waals surface area contributed by atoms with Crippen molar-refractivity contribution >= 4 is 23.4 Å². The van der Waals surface area contributed by atoms with Gasteiger partial charge in [0.05, 0.1) is 11.3 Å². The highest BCUT2D eigenvalue weighted by Gasteiger charge is 2.28. The molecular formula is C22H26ClN3O2. The lowest BCUT2D eigenvalue weighted by atomic mass is 9.89. The van der Waals surface area contributed by atoms with Gasteiger partial charge in [0.2, 0.25) is 0 Å². The lowest BCUT2D eigenvalue weighted by molar-refractivity contribution is 0.0710. The molecule has 5 nitrogen and oxygen atoms in total. The molecule has 0 saturated carbocycles. The molecule has 2 heterocycles. The van der Waals surface area contributed by atoms with E-state index in [1.54, 1.807) is 24.3 Å². The Morgan fingerprint density at radius 2 is 1.75 bits per heavy atom. The van der Waals surface area contributed by atoms with Crippen LogP contribution in [0.15, 0.2) is 36.4 Å². The Balaban J connectivity index is 1.72. The van der Waals surface area contributed by atoms with E-state index >= 15 is 0 Å². The fourth-order valence-electron chi connectivity index (χ4n) is 3.55. The summed E-state index contributed by atoms with van der Waals surface area (Å²) in [6.45, 7) is 7.12. The maximum Gasteiger partial charge on any atom is 0.253 e. The largest absolute Gasteiger partial charge is 0.350 e. The number of aromatic nitrogens is 1. The van der Waals surface area contributed by atoms with Gasteiger partial charge in [0.25, 0.3) is 11.8 Å². The number of benzene rings is 1. The van der Waals surface area contributed by atoms with Crippen molar-refractivity contribution in [1.29, 1.82) is 0 Å². The van der Waals surface area contributed by atoms with E-state index in [0.29, 0.717) is 29.2 Å². The average molecular weight is 400 g/mol. The number of carbonyl (C=O) groups excluding carboxylic acids is 2. The molecule has 0 radical (unpaired) electrons. The van der Waals surface area contributed by atoms with Gasteiger partial charge in [0, 0.05) is 41.3 Å². The molecule has 3 rings (SSSR count). The molecule has 1 aromatic heterocycles. The maximum atomic E-state index is 12.7. The second-order valence-corrected chi connectivity index (χ2v) is 8.02. The van der Waals surface area contributed by atoms with Crippen LogP contribution in [0.1, 0.15) is 64.7 Å². The maximum absolute atomic E-state index is 12.7. The monoisotopic (exact) mass is 399 g/mol. The first kappa shape index (κ1) is 20.3.